The quantitative estimate of drug-likeness (QED) is 0.327. The third-order valence-corrected chi connectivity index (χ3v) is 1.28. The number of hydrogen-bond donors (Lipinski definition) is 0. The van der Waals surface area contributed by atoms with Gasteiger partial charge >= 0.3 is 0 Å². The van der Waals surface area contributed by atoms with Crippen LogP contribution in [0.4, 0.5) is 0 Å². The fourth-order valence-electron chi connectivity index (χ4n) is 0.822. The van der Waals surface area contributed by atoms with Crippen LogP contribution in [0.15, 0.2) is 0 Å². The van der Waals surface area contributed by atoms with Crippen molar-refractivity contribution in [3.63, 3.8) is 0 Å². The van der Waals surface area contributed by atoms with Crippen LogP contribution in [0.1, 0.15) is 6.42 Å². The van der Waals surface area contributed by atoms with Crippen molar-refractivity contribution < 1.29 is 33.5 Å². The Labute approximate surface area is 67.4 Å². The van der Waals surface area contributed by atoms with Crippen LogP contribution < -0.4 is 24.0 Å². The molecule has 0 aromatic heterocycles. The van der Waals surface area contributed by atoms with E-state index in [0.29, 0.717) is 0 Å². The Morgan fingerprint density at radius 3 is 2.12 bits per heavy atom. The second-order valence-electron chi connectivity index (χ2n) is 2.48. The van der Waals surface area contributed by atoms with Crippen molar-refractivity contribution in [2.24, 2.45) is 0 Å². The molecule has 8 heavy (non-hydrogen) atoms. The molecule has 0 spiro atoms. The summed E-state index contributed by atoms with van der Waals surface area (Å²) < 4.78 is 0.750. The Hall–Kier alpha value is 0.650. The number of halogens is 1. The van der Waals surface area contributed by atoms with E-state index in [1.54, 1.807) is 0 Å². The average molecular weight is 229 g/mol. The molecule has 0 aromatic rings. The first kappa shape index (κ1) is 8.65. The second kappa shape index (κ2) is 2.98. The molecule has 0 amide bonds. The fraction of sp³-hybridized carbons (Fsp3) is 1.00. The molecule has 1 fully saturated rings. The highest BCUT2D eigenvalue weighted by Crippen LogP contribution is 2.08. The third kappa shape index (κ3) is 2.28. The lowest BCUT2D eigenvalue weighted by Gasteiger charge is -2.17. The smallest absolute Gasteiger partial charge is 0.112 e. The molecule has 0 atom stereocenters. The van der Waals surface area contributed by atoms with Gasteiger partial charge in [-0.25, -0.2) is 4.84 Å². The first-order valence-corrected chi connectivity index (χ1v) is 2.68. The summed E-state index contributed by atoms with van der Waals surface area (Å²) in [4.78, 5) is 5.28. The molecule has 2 nitrogen and oxygen atoms in total. The van der Waals surface area contributed by atoms with Crippen molar-refractivity contribution in [2.45, 2.75) is 6.42 Å². The van der Waals surface area contributed by atoms with Crippen LogP contribution in [-0.4, -0.2) is 31.9 Å². The van der Waals surface area contributed by atoms with E-state index in [4.69, 9.17) is 4.84 Å². The summed E-state index contributed by atoms with van der Waals surface area (Å²) in [5, 5.41) is 0. The first-order chi connectivity index (χ1) is 3.21. The molecule has 0 radical (unpaired) electrons. The summed E-state index contributed by atoms with van der Waals surface area (Å²) in [7, 11) is 4.15. The van der Waals surface area contributed by atoms with Gasteiger partial charge in [0.1, 0.15) is 13.2 Å². The van der Waals surface area contributed by atoms with Gasteiger partial charge in [-0.05, 0) is 0 Å². The highest BCUT2D eigenvalue weighted by Gasteiger charge is 2.22. The van der Waals surface area contributed by atoms with Gasteiger partial charge in [-0.15, -0.1) is 0 Å². The van der Waals surface area contributed by atoms with E-state index in [1.807, 2.05) is 0 Å². The van der Waals surface area contributed by atoms with Gasteiger partial charge in [-0.2, -0.15) is 4.65 Å². The third-order valence-electron chi connectivity index (χ3n) is 1.28. The van der Waals surface area contributed by atoms with Crippen LogP contribution in [0, 0.1) is 0 Å². The lowest BCUT2D eigenvalue weighted by Crippen LogP contribution is -3.00. The number of hydrogen-bond acceptors (Lipinski definition) is 1. The predicted octanol–water partition coefficient (Wildman–Crippen LogP) is -2.60. The SMILES string of the molecule is C[N+]1(C)CCCO1.[I-]. The Balaban J connectivity index is 0.000000490. The summed E-state index contributed by atoms with van der Waals surface area (Å²) >= 11 is 0. The van der Waals surface area contributed by atoms with Crippen molar-refractivity contribution in [3.05, 3.63) is 0 Å². The maximum Gasteiger partial charge on any atom is 0.112 e. The zero-order chi connectivity index (χ0) is 5.33. The van der Waals surface area contributed by atoms with E-state index in [0.717, 1.165) is 11.3 Å². The summed E-state index contributed by atoms with van der Waals surface area (Å²) in [6.07, 6.45) is 1.22. The minimum Gasteiger partial charge on any atom is -1.00 e. The van der Waals surface area contributed by atoms with E-state index >= 15 is 0 Å². The van der Waals surface area contributed by atoms with Crippen LogP contribution in [0.5, 0.6) is 0 Å². The molecule has 0 bridgehead atoms. The Morgan fingerprint density at radius 1 is 1.38 bits per heavy atom. The van der Waals surface area contributed by atoms with Crippen molar-refractivity contribution in [3.8, 4) is 0 Å². The zero-order valence-corrected chi connectivity index (χ0v) is 7.51. The van der Waals surface area contributed by atoms with Gasteiger partial charge in [0.15, 0.2) is 0 Å². The van der Waals surface area contributed by atoms with Gasteiger partial charge in [-0.1, -0.05) is 0 Å². The lowest BCUT2D eigenvalue weighted by molar-refractivity contribution is -1.06. The molecule has 50 valence electrons. The van der Waals surface area contributed by atoms with Gasteiger partial charge in [0.25, 0.3) is 0 Å². The molecule has 1 rings (SSSR count). The standard InChI is InChI=1S/C5H12NO.HI/c1-6(2)4-3-5-7-6;/h3-5H2,1-2H3;1H/q+1;/p-1. The molecule has 0 N–H and O–H groups in total. The number of quaternary nitrogens is 1. The van der Waals surface area contributed by atoms with Gasteiger partial charge in [0.2, 0.25) is 0 Å². The van der Waals surface area contributed by atoms with Crippen molar-refractivity contribution in [1.29, 1.82) is 0 Å². The molecule has 0 saturated carbocycles. The van der Waals surface area contributed by atoms with E-state index in [2.05, 4.69) is 14.1 Å². The Kier molecular flexibility index (Phi) is 3.23. The van der Waals surface area contributed by atoms with Crippen LogP contribution in [0.2, 0.25) is 0 Å². The number of rotatable bonds is 0. The Bertz CT molecular complexity index is 66.8. The fourth-order valence-corrected chi connectivity index (χ4v) is 0.822. The minimum absolute atomic E-state index is 0. The summed E-state index contributed by atoms with van der Waals surface area (Å²) in [5.41, 5.74) is 0. The summed E-state index contributed by atoms with van der Waals surface area (Å²) in [6.45, 7) is 2.10. The molecule has 1 saturated heterocycles. The van der Waals surface area contributed by atoms with Gasteiger partial charge in [-0.3, -0.25) is 0 Å². The molecular formula is C5H12INO. The van der Waals surface area contributed by atoms with E-state index in [-0.39, 0.29) is 24.0 Å². The van der Waals surface area contributed by atoms with Gasteiger partial charge in [0, 0.05) is 6.42 Å². The van der Waals surface area contributed by atoms with Crippen LogP contribution in [-0.2, 0) is 4.84 Å². The average Bonchev–Trinajstić information content (AvgIpc) is 1.84. The normalized spacial score (nSPS) is 24.8. The van der Waals surface area contributed by atoms with Crippen molar-refractivity contribution in [2.75, 3.05) is 27.2 Å². The van der Waals surface area contributed by atoms with E-state index in [1.165, 1.54) is 13.0 Å². The summed E-state index contributed by atoms with van der Waals surface area (Å²) in [5.74, 6) is 0. The van der Waals surface area contributed by atoms with Crippen LogP contribution >= 0.6 is 0 Å². The zero-order valence-electron chi connectivity index (χ0n) is 5.35. The van der Waals surface area contributed by atoms with Crippen molar-refractivity contribution >= 4 is 0 Å². The number of nitrogens with zero attached hydrogens (tertiary/aromatic N) is 1. The molecule has 1 heterocycles. The molecule has 0 aliphatic carbocycles. The minimum atomic E-state index is 0. The highest BCUT2D eigenvalue weighted by molar-refractivity contribution is 4.34. The van der Waals surface area contributed by atoms with E-state index < -0.39 is 0 Å². The van der Waals surface area contributed by atoms with Crippen molar-refractivity contribution in [1.82, 2.24) is 0 Å². The topological polar surface area (TPSA) is 9.23 Å². The second-order valence-corrected chi connectivity index (χ2v) is 2.48. The predicted molar refractivity (Wildman–Crippen MR) is 27.5 cm³/mol. The largest absolute Gasteiger partial charge is 1.00 e. The van der Waals surface area contributed by atoms with E-state index in [9.17, 15) is 0 Å². The molecule has 1 aliphatic heterocycles. The maximum atomic E-state index is 5.28. The summed E-state index contributed by atoms with van der Waals surface area (Å²) in [6, 6.07) is 0. The Morgan fingerprint density at radius 2 is 2.00 bits per heavy atom. The molecule has 0 aromatic carbocycles. The number of hydroxylamine groups is 3. The lowest BCUT2D eigenvalue weighted by atomic mass is 10.5. The maximum absolute atomic E-state index is 5.28. The molecule has 1 aliphatic rings. The monoisotopic (exact) mass is 229 g/mol. The van der Waals surface area contributed by atoms with Crippen LogP contribution in [0.25, 0.3) is 0 Å². The van der Waals surface area contributed by atoms with Crippen LogP contribution in [0.3, 0.4) is 0 Å². The highest BCUT2D eigenvalue weighted by atomic mass is 127. The molecule has 3 heteroatoms. The van der Waals surface area contributed by atoms with Gasteiger partial charge in [0.05, 0.1) is 14.1 Å². The first-order valence-electron chi connectivity index (χ1n) is 2.68. The molecular weight excluding hydrogens is 217 g/mol. The van der Waals surface area contributed by atoms with Gasteiger partial charge < -0.3 is 24.0 Å². The molecule has 0 unspecified atom stereocenters.